The number of hydrogen-bond donors (Lipinski definition) is 1. The first kappa shape index (κ1) is 16.4. The van der Waals surface area contributed by atoms with E-state index in [1.807, 2.05) is 32.0 Å². The van der Waals surface area contributed by atoms with Crippen LogP contribution in [0.15, 0.2) is 47.4 Å². The molecule has 1 N–H and O–H groups in total. The van der Waals surface area contributed by atoms with Crippen LogP contribution in [0.4, 0.5) is 10.1 Å². The molecule has 2 aromatic rings. The summed E-state index contributed by atoms with van der Waals surface area (Å²) >= 11 is 1.38. The van der Waals surface area contributed by atoms with Crippen molar-refractivity contribution < 1.29 is 13.9 Å². The largest absolute Gasteiger partial charge is 0.495 e. The Kier molecular flexibility index (Phi) is 5.44. The van der Waals surface area contributed by atoms with Gasteiger partial charge in [-0.25, -0.2) is 4.39 Å². The van der Waals surface area contributed by atoms with Crippen LogP contribution in [0.2, 0.25) is 0 Å². The van der Waals surface area contributed by atoms with Crippen LogP contribution in [-0.4, -0.2) is 18.3 Å². The van der Waals surface area contributed by atoms with Crippen LogP contribution in [0.5, 0.6) is 5.75 Å². The van der Waals surface area contributed by atoms with Gasteiger partial charge in [0.2, 0.25) is 5.91 Å². The summed E-state index contributed by atoms with van der Waals surface area (Å²) in [4.78, 5) is 13.1. The monoisotopic (exact) mass is 319 g/mol. The first-order chi connectivity index (χ1) is 10.5. The number of rotatable bonds is 5. The van der Waals surface area contributed by atoms with Crippen molar-refractivity contribution >= 4 is 23.4 Å². The van der Waals surface area contributed by atoms with Crippen LogP contribution in [-0.2, 0) is 4.79 Å². The fourth-order valence-electron chi connectivity index (χ4n) is 1.92. The average molecular weight is 319 g/mol. The molecule has 0 bridgehead atoms. The Balaban J connectivity index is 2.05. The molecular formula is C17H18FNO2S. The predicted octanol–water partition coefficient (Wildman–Crippen LogP) is 4.26. The molecule has 1 atom stereocenters. The molecule has 5 heteroatoms. The summed E-state index contributed by atoms with van der Waals surface area (Å²) in [7, 11) is 1.57. The van der Waals surface area contributed by atoms with E-state index in [1.165, 1.54) is 23.9 Å². The van der Waals surface area contributed by atoms with Crippen molar-refractivity contribution in [1.82, 2.24) is 0 Å². The van der Waals surface area contributed by atoms with E-state index in [2.05, 4.69) is 5.32 Å². The van der Waals surface area contributed by atoms with E-state index in [9.17, 15) is 9.18 Å². The van der Waals surface area contributed by atoms with Gasteiger partial charge in [0, 0.05) is 4.90 Å². The number of carbonyl (C=O) groups is 1. The fraction of sp³-hybridized carbons (Fsp3) is 0.235. The lowest BCUT2D eigenvalue weighted by Gasteiger charge is -2.14. The molecule has 1 amide bonds. The quantitative estimate of drug-likeness (QED) is 0.837. The second-order valence-electron chi connectivity index (χ2n) is 4.91. The highest BCUT2D eigenvalue weighted by molar-refractivity contribution is 8.00. The van der Waals surface area contributed by atoms with Crippen molar-refractivity contribution in [2.75, 3.05) is 12.4 Å². The Morgan fingerprint density at radius 1 is 1.23 bits per heavy atom. The number of hydrogen-bond acceptors (Lipinski definition) is 3. The Hall–Kier alpha value is -2.01. The van der Waals surface area contributed by atoms with Gasteiger partial charge in [-0.15, -0.1) is 11.8 Å². The van der Waals surface area contributed by atoms with E-state index < -0.39 is 0 Å². The number of ether oxygens (including phenoxy) is 1. The summed E-state index contributed by atoms with van der Waals surface area (Å²) < 4.78 is 18.1. The number of aryl methyl sites for hydroxylation is 1. The maximum Gasteiger partial charge on any atom is 0.237 e. The molecule has 0 saturated carbocycles. The Morgan fingerprint density at radius 3 is 2.55 bits per heavy atom. The lowest BCUT2D eigenvalue weighted by molar-refractivity contribution is -0.115. The Morgan fingerprint density at radius 2 is 1.91 bits per heavy atom. The molecule has 22 heavy (non-hydrogen) atoms. The second kappa shape index (κ2) is 7.31. The van der Waals surface area contributed by atoms with Crippen LogP contribution in [0, 0.1) is 12.7 Å². The van der Waals surface area contributed by atoms with Crippen molar-refractivity contribution in [1.29, 1.82) is 0 Å². The van der Waals surface area contributed by atoms with Crippen molar-refractivity contribution in [3.63, 3.8) is 0 Å². The lowest BCUT2D eigenvalue weighted by atomic mass is 10.2. The molecular weight excluding hydrogens is 301 g/mol. The number of benzene rings is 2. The van der Waals surface area contributed by atoms with Crippen LogP contribution in [0.1, 0.15) is 12.5 Å². The highest BCUT2D eigenvalue weighted by atomic mass is 32.2. The van der Waals surface area contributed by atoms with Crippen molar-refractivity contribution in [2.24, 2.45) is 0 Å². The van der Waals surface area contributed by atoms with Gasteiger partial charge in [-0.1, -0.05) is 6.07 Å². The number of nitrogens with one attached hydrogen (secondary N) is 1. The molecule has 0 spiro atoms. The summed E-state index contributed by atoms with van der Waals surface area (Å²) in [6.07, 6.45) is 0. The van der Waals surface area contributed by atoms with Gasteiger partial charge < -0.3 is 10.1 Å². The number of carbonyl (C=O) groups excluding carboxylic acids is 1. The molecule has 0 aliphatic rings. The number of thioether (sulfide) groups is 1. The minimum absolute atomic E-state index is 0.127. The number of anilines is 1. The molecule has 0 fully saturated rings. The second-order valence-corrected chi connectivity index (χ2v) is 6.32. The first-order valence-corrected chi connectivity index (χ1v) is 7.75. The van der Waals surface area contributed by atoms with Crippen molar-refractivity contribution in [3.05, 3.63) is 53.8 Å². The van der Waals surface area contributed by atoms with Gasteiger partial charge in [0.25, 0.3) is 0 Å². The molecule has 2 rings (SSSR count). The SMILES string of the molecule is COc1ccc(C)cc1NC(=O)[C@@H](C)Sc1ccc(F)cc1. The zero-order chi connectivity index (χ0) is 16.1. The Labute approximate surface area is 133 Å². The summed E-state index contributed by atoms with van der Waals surface area (Å²) in [6.45, 7) is 3.76. The molecule has 2 aromatic carbocycles. The van der Waals surface area contributed by atoms with E-state index >= 15 is 0 Å². The van der Waals surface area contributed by atoms with Gasteiger partial charge in [0.05, 0.1) is 18.0 Å². The maximum atomic E-state index is 12.9. The number of halogens is 1. The van der Waals surface area contributed by atoms with Crippen LogP contribution in [0.25, 0.3) is 0 Å². The van der Waals surface area contributed by atoms with Gasteiger partial charge >= 0.3 is 0 Å². The first-order valence-electron chi connectivity index (χ1n) is 6.87. The normalized spacial score (nSPS) is 11.8. The predicted molar refractivity (Wildman–Crippen MR) is 88.1 cm³/mol. The zero-order valence-electron chi connectivity index (χ0n) is 12.7. The third-order valence-corrected chi connectivity index (χ3v) is 4.22. The minimum atomic E-state index is -0.310. The third-order valence-electron chi connectivity index (χ3n) is 3.11. The molecule has 0 aliphatic carbocycles. The lowest BCUT2D eigenvalue weighted by Crippen LogP contribution is -2.22. The van der Waals surface area contributed by atoms with Gasteiger partial charge in [-0.05, 0) is 55.8 Å². The third kappa shape index (κ3) is 4.24. The molecule has 3 nitrogen and oxygen atoms in total. The fourth-order valence-corrected chi connectivity index (χ4v) is 2.79. The zero-order valence-corrected chi connectivity index (χ0v) is 13.5. The van der Waals surface area contributed by atoms with E-state index in [1.54, 1.807) is 19.2 Å². The van der Waals surface area contributed by atoms with Gasteiger partial charge in [-0.2, -0.15) is 0 Å². The highest BCUT2D eigenvalue weighted by Gasteiger charge is 2.16. The number of amides is 1. The maximum absolute atomic E-state index is 12.9. The van der Waals surface area contributed by atoms with Gasteiger partial charge in [-0.3, -0.25) is 4.79 Å². The van der Waals surface area contributed by atoms with Gasteiger partial charge in [0.1, 0.15) is 11.6 Å². The van der Waals surface area contributed by atoms with E-state index in [-0.39, 0.29) is 17.0 Å². The van der Waals surface area contributed by atoms with Crippen LogP contribution in [0.3, 0.4) is 0 Å². The average Bonchev–Trinajstić information content (AvgIpc) is 2.49. The molecule has 0 heterocycles. The topological polar surface area (TPSA) is 38.3 Å². The van der Waals surface area contributed by atoms with Crippen molar-refractivity contribution in [2.45, 2.75) is 24.0 Å². The molecule has 0 unspecified atom stereocenters. The van der Waals surface area contributed by atoms with Crippen LogP contribution < -0.4 is 10.1 Å². The smallest absolute Gasteiger partial charge is 0.237 e. The van der Waals surface area contributed by atoms with E-state index in [4.69, 9.17) is 4.74 Å². The Bertz CT molecular complexity index is 658. The minimum Gasteiger partial charge on any atom is -0.495 e. The molecule has 0 saturated heterocycles. The van der Waals surface area contributed by atoms with E-state index in [0.29, 0.717) is 11.4 Å². The summed E-state index contributed by atoms with van der Waals surface area (Å²) in [5.41, 5.74) is 1.69. The highest BCUT2D eigenvalue weighted by Crippen LogP contribution is 2.28. The van der Waals surface area contributed by atoms with Gasteiger partial charge in [0.15, 0.2) is 0 Å². The van der Waals surface area contributed by atoms with Crippen LogP contribution >= 0.6 is 11.8 Å². The van der Waals surface area contributed by atoms with Crippen molar-refractivity contribution in [3.8, 4) is 5.75 Å². The van der Waals surface area contributed by atoms with E-state index in [0.717, 1.165) is 10.5 Å². The molecule has 0 aromatic heterocycles. The molecule has 116 valence electrons. The standard InChI is InChI=1S/C17H18FNO2S/c1-11-4-9-16(21-3)15(10-11)19-17(20)12(2)22-14-7-5-13(18)6-8-14/h4-10,12H,1-3H3,(H,19,20)/t12-/m1/s1. The molecule has 0 radical (unpaired) electrons. The molecule has 0 aliphatic heterocycles. The summed E-state index contributed by atoms with van der Waals surface area (Å²) in [5, 5.41) is 2.57. The summed E-state index contributed by atoms with van der Waals surface area (Å²) in [6, 6.07) is 11.7. The summed E-state index contributed by atoms with van der Waals surface area (Å²) in [5.74, 6) is 0.210. The number of methoxy groups -OCH3 is 1.